The van der Waals surface area contributed by atoms with E-state index in [0.717, 1.165) is 0 Å². The van der Waals surface area contributed by atoms with E-state index in [1.807, 2.05) is 13.8 Å². The number of ether oxygens (including phenoxy) is 1. The second-order valence-corrected chi connectivity index (χ2v) is 4.13. The van der Waals surface area contributed by atoms with Gasteiger partial charge in [0.25, 0.3) is 0 Å². The summed E-state index contributed by atoms with van der Waals surface area (Å²) in [6, 6.07) is 1.57. The van der Waals surface area contributed by atoms with E-state index in [4.69, 9.17) is 15.6 Å². The standard InChI is InChI=1S/C12H14O3/c1-4-6-12(2,3)9-15-11(13)10-5-7-14-8-10/h1,5,7-8H,6,9H2,2-3H3. The molecule has 3 nitrogen and oxygen atoms in total. The van der Waals surface area contributed by atoms with E-state index in [2.05, 4.69) is 5.92 Å². The van der Waals surface area contributed by atoms with Gasteiger partial charge in [-0.1, -0.05) is 13.8 Å². The van der Waals surface area contributed by atoms with Crippen LogP contribution in [0.3, 0.4) is 0 Å². The lowest BCUT2D eigenvalue weighted by Crippen LogP contribution is -2.21. The second-order valence-electron chi connectivity index (χ2n) is 4.13. The molecule has 0 aliphatic carbocycles. The van der Waals surface area contributed by atoms with E-state index >= 15 is 0 Å². The molecule has 1 aromatic heterocycles. The molecule has 0 bridgehead atoms. The van der Waals surface area contributed by atoms with Crippen molar-refractivity contribution in [3.63, 3.8) is 0 Å². The van der Waals surface area contributed by atoms with Crippen LogP contribution in [0.1, 0.15) is 30.6 Å². The maximum Gasteiger partial charge on any atom is 0.341 e. The van der Waals surface area contributed by atoms with Crippen molar-refractivity contribution in [1.82, 2.24) is 0 Å². The zero-order valence-corrected chi connectivity index (χ0v) is 8.95. The van der Waals surface area contributed by atoms with Gasteiger partial charge in [0.2, 0.25) is 0 Å². The van der Waals surface area contributed by atoms with Gasteiger partial charge in [0.1, 0.15) is 6.26 Å². The fraction of sp³-hybridized carbons (Fsp3) is 0.417. The first-order valence-corrected chi connectivity index (χ1v) is 4.68. The summed E-state index contributed by atoms with van der Waals surface area (Å²) in [5, 5.41) is 0. The SMILES string of the molecule is C#CCC(C)(C)COC(=O)c1ccoc1. The van der Waals surface area contributed by atoms with Crippen LogP contribution < -0.4 is 0 Å². The molecule has 0 N–H and O–H groups in total. The minimum absolute atomic E-state index is 0.186. The molecule has 0 unspecified atom stereocenters. The van der Waals surface area contributed by atoms with Crippen molar-refractivity contribution >= 4 is 5.97 Å². The topological polar surface area (TPSA) is 39.4 Å². The molecule has 0 amide bonds. The number of furan rings is 1. The average molecular weight is 206 g/mol. The minimum atomic E-state index is -0.381. The highest BCUT2D eigenvalue weighted by Gasteiger charge is 2.20. The van der Waals surface area contributed by atoms with Gasteiger partial charge in [-0.2, -0.15) is 0 Å². The molecule has 1 aromatic rings. The molecule has 3 heteroatoms. The van der Waals surface area contributed by atoms with Crippen LogP contribution in [0.2, 0.25) is 0 Å². The summed E-state index contributed by atoms with van der Waals surface area (Å²) in [6.07, 6.45) is 8.58. The van der Waals surface area contributed by atoms with Gasteiger partial charge in [0.05, 0.1) is 18.4 Å². The van der Waals surface area contributed by atoms with Crippen LogP contribution in [0, 0.1) is 17.8 Å². The molecule has 0 fully saturated rings. The van der Waals surface area contributed by atoms with Gasteiger partial charge in [-0.05, 0) is 6.07 Å². The minimum Gasteiger partial charge on any atom is -0.472 e. The van der Waals surface area contributed by atoms with Gasteiger partial charge < -0.3 is 9.15 Å². The van der Waals surface area contributed by atoms with Crippen molar-refractivity contribution in [3.8, 4) is 12.3 Å². The number of hydrogen-bond donors (Lipinski definition) is 0. The Kier molecular flexibility index (Phi) is 3.56. The zero-order valence-electron chi connectivity index (χ0n) is 8.95. The third-order valence-electron chi connectivity index (χ3n) is 1.93. The maximum absolute atomic E-state index is 11.4. The van der Waals surface area contributed by atoms with Crippen molar-refractivity contribution < 1.29 is 13.9 Å². The highest BCUT2D eigenvalue weighted by atomic mass is 16.5. The molecular weight excluding hydrogens is 192 g/mol. The summed E-state index contributed by atoms with van der Waals surface area (Å²) in [5.74, 6) is 2.18. The van der Waals surface area contributed by atoms with E-state index in [1.165, 1.54) is 12.5 Å². The van der Waals surface area contributed by atoms with Crippen molar-refractivity contribution in [2.45, 2.75) is 20.3 Å². The Bertz CT molecular complexity index is 355. The number of carbonyl (C=O) groups is 1. The van der Waals surface area contributed by atoms with Gasteiger partial charge in [-0.25, -0.2) is 4.79 Å². The lowest BCUT2D eigenvalue weighted by molar-refractivity contribution is 0.0347. The summed E-state index contributed by atoms with van der Waals surface area (Å²) >= 11 is 0. The van der Waals surface area contributed by atoms with Crippen LogP contribution in [-0.4, -0.2) is 12.6 Å². The smallest absolute Gasteiger partial charge is 0.341 e. The Morgan fingerprint density at radius 1 is 1.67 bits per heavy atom. The predicted molar refractivity (Wildman–Crippen MR) is 56.2 cm³/mol. The molecule has 1 rings (SSSR count). The lowest BCUT2D eigenvalue weighted by Gasteiger charge is -2.20. The van der Waals surface area contributed by atoms with Crippen molar-refractivity contribution in [3.05, 3.63) is 24.2 Å². The number of rotatable bonds is 4. The quantitative estimate of drug-likeness (QED) is 0.561. The van der Waals surface area contributed by atoms with Gasteiger partial charge >= 0.3 is 5.97 Å². The molecular formula is C12H14O3. The van der Waals surface area contributed by atoms with Crippen LogP contribution in [0.5, 0.6) is 0 Å². The third kappa shape index (κ3) is 3.51. The van der Waals surface area contributed by atoms with Crippen molar-refractivity contribution in [2.24, 2.45) is 5.41 Å². The molecule has 0 saturated carbocycles. The van der Waals surface area contributed by atoms with E-state index < -0.39 is 0 Å². The van der Waals surface area contributed by atoms with Crippen molar-refractivity contribution in [1.29, 1.82) is 0 Å². The number of esters is 1. The normalized spacial score (nSPS) is 10.7. The Morgan fingerprint density at radius 3 is 2.93 bits per heavy atom. The molecule has 0 spiro atoms. The fourth-order valence-corrected chi connectivity index (χ4v) is 1.05. The van der Waals surface area contributed by atoms with Gasteiger partial charge in [-0.3, -0.25) is 0 Å². The largest absolute Gasteiger partial charge is 0.472 e. The van der Waals surface area contributed by atoms with Gasteiger partial charge in [0.15, 0.2) is 0 Å². The Balaban J connectivity index is 2.45. The summed E-state index contributed by atoms with van der Waals surface area (Å²) < 4.78 is 9.89. The second kappa shape index (κ2) is 4.70. The first-order valence-electron chi connectivity index (χ1n) is 4.68. The number of carbonyl (C=O) groups excluding carboxylic acids is 1. The fourth-order valence-electron chi connectivity index (χ4n) is 1.05. The van der Waals surface area contributed by atoms with Gasteiger partial charge in [-0.15, -0.1) is 12.3 Å². The molecule has 15 heavy (non-hydrogen) atoms. The van der Waals surface area contributed by atoms with E-state index in [9.17, 15) is 4.79 Å². The molecule has 0 atom stereocenters. The van der Waals surface area contributed by atoms with E-state index in [0.29, 0.717) is 18.6 Å². The summed E-state index contributed by atoms with van der Waals surface area (Å²) in [5.41, 5.74) is 0.236. The highest BCUT2D eigenvalue weighted by molar-refractivity contribution is 5.88. The number of hydrogen-bond acceptors (Lipinski definition) is 3. The predicted octanol–water partition coefficient (Wildman–Crippen LogP) is 2.49. The molecule has 0 aromatic carbocycles. The van der Waals surface area contributed by atoms with Crippen LogP contribution in [-0.2, 0) is 4.74 Å². The maximum atomic E-state index is 11.4. The molecule has 80 valence electrons. The van der Waals surface area contributed by atoms with Crippen LogP contribution in [0.25, 0.3) is 0 Å². The molecule has 1 heterocycles. The van der Waals surface area contributed by atoms with Crippen molar-refractivity contribution in [2.75, 3.05) is 6.61 Å². The summed E-state index contributed by atoms with van der Waals surface area (Å²) in [6.45, 7) is 4.21. The molecule has 0 aliphatic heterocycles. The number of terminal acetylenes is 1. The molecule has 0 saturated heterocycles. The van der Waals surface area contributed by atoms with Crippen LogP contribution >= 0.6 is 0 Å². The van der Waals surface area contributed by atoms with Crippen LogP contribution in [0.15, 0.2) is 23.0 Å². The zero-order chi connectivity index (χ0) is 11.3. The van der Waals surface area contributed by atoms with E-state index in [1.54, 1.807) is 6.07 Å². The van der Waals surface area contributed by atoms with Gasteiger partial charge in [0, 0.05) is 11.8 Å². The monoisotopic (exact) mass is 206 g/mol. The van der Waals surface area contributed by atoms with E-state index in [-0.39, 0.29) is 11.4 Å². The average Bonchev–Trinajstić information content (AvgIpc) is 2.67. The summed E-state index contributed by atoms with van der Waals surface area (Å²) in [4.78, 5) is 11.4. The molecule has 0 radical (unpaired) electrons. The lowest BCUT2D eigenvalue weighted by atomic mass is 9.91. The molecule has 0 aliphatic rings. The third-order valence-corrected chi connectivity index (χ3v) is 1.93. The summed E-state index contributed by atoms with van der Waals surface area (Å²) in [7, 11) is 0. The Labute approximate surface area is 89.4 Å². The highest BCUT2D eigenvalue weighted by Crippen LogP contribution is 2.20. The Hall–Kier alpha value is -1.69. The Morgan fingerprint density at radius 2 is 2.40 bits per heavy atom. The first-order chi connectivity index (χ1) is 7.05. The van der Waals surface area contributed by atoms with Crippen LogP contribution in [0.4, 0.5) is 0 Å². The first kappa shape index (κ1) is 11.4.